The highest BCUT2D eigenvalue weighted by Gasteiger charge is 2.26. The second kappa shape index (κ2) is 6.53. The first-order valence-electron chi connectivity index (χ1n) is 7.43. The molecule has 0 bridgehead atoms. The van der Waals surface area contributed by atoms with E-state index >= 15 is 0 Å². The van der Waals surface area contributed by atoms with Crippen molar-refractivity contribution < 1.29 is 9.47 Å². The van der Waals surface area contributed by atoms with Crippen molar-refractivity contribution in [3.05, 3.63) is 41.9 Å². The van der Waals surface area contributed by atoms with Gasteiger partial charge in [-0.1, -0.05) is 0 Å². The average molecular weight is 310 g/mol. The van der Waals surface area contributed by atoms with Gasteiger partial charge in [0.15, 0.2) is 5.69 Å². The number of nitriles is 1. The predicted octanol–water partition coefficient (Wildman–Crippen LogP) is 2.36. The normalized spacial score (nSPS) is 16.9. The lowest BCUT2D eigenvalue weighted by molar-refractivity contribution is 0.393. The first kappa shape index (κ1) is 15.1. The zero-order chi connectivity index (χ0) is 16.2. The molecule has 0 aliphatic carbocycles. The van der Waals surface area contributed by atoms with Crippen LogP contribution in [0.4, 0.5) is 5.82 Å². The first-order valence-corrected chi connectivity index (χ1v) is 7.43. The standard InChI is InChI=1S/C17H18N4O2/c1-22-15-5-13(6-16(7-15)23-2)12-3-4-21(11-12)17-10-19-14(8-18)9-20-17/h5-7,9-10,12H,3-4,11H2,1-2H3. The molecule has 1 aliphatic heterocycles. The van der Waals surface area contributed by atoms with Crippen molar-refractivity contribution >= 4 is 5.82 Å². The van der Waals surface area contributed by atoms with Crippen LogP contribution in [0.1, 0.15) is 23.6 Å². The maximum absolute atomic E-state index is 8.79. The third-order valence-corrected chi connectivity index (χ3v) is 4.11. The van der Waals surface area contributed by atoms with E-state index in [1.807, 2.05) is 12.1 Å². The molecular formula is C17H18N4O2. The van der Waals surface area contributed by atoms with Gasteiger partial charge in [-0.15, -0.1) is 0 Å². The number of aromatic nitrogens is 2. The Balaban J connectivity index is 1.78. The van der Waals surface area contributed by atoms with Gasteiger partial charge >= 0.3 is 0 Å². The van der Waals surface area contributed by atoms with Crippen molar-refractivity contribution in [1.29, 1.82) is 5.26 Å². The largest absolute Gasteiger partial charge is 0.497 e. The molecule has 1 atom stereocenters. The fraction of sp³-hybridized carbons (Fsp3) is 0.353. The highest BCUT2D eigenvalue weighted by Crippen LogP contribution is 2.34. The van der Waals surface area contributed by atoms with Crippen LogP contribution in [0.25, 0.3) is 0 Å². The van der Waals surface area contributed by atoms with Crippen LogP contribution in [0.5, 0.6) is 11.5 Å². The summed E-state index contributed by atoms with van der Waals surface area (Å²) in [6.45, 7) is 1.77. The van der Waals surface area contributed by atoms with E-state index in [2.05, 4.69) is 27.0 Å². The average Bonchev–Trinajstić information content (AvgIpc) is 3.11. The van der Waals surface area contributed by atoms with Crippen molar-refractivity contribution in [2.24, 2.45) is 0 Å². The van der Waals surface area contributed by atoms with Gasteiger partial charge in [0, 0.05) is 25.1 Å². The number of ether oxygens (including phenoxy) is 2. The molecule has 0 N–H and O–H groups in total. The number of hydrogen-bond donors (Lipinski definition) is 0. The summed E-state index contributed by atoms with van der Waals surface area (Å²) in [5.41, 5.74) is 1.53. The quantitative estimate of drug-likeness (QED) is 0.863. The molecule has 3 rings (SSSR count). The molecule has 0 radical (unpaired) electrons. The molecule has 23 heavy (non-hydrogen) atoms. The van der Waals surface area contributed by atoms with E-state index in [9.17, 15) is 0 Å². The highest BCUT2D eigenvalue weighted by molar-refractivity contribution is 5.44. The smallest absolute Gasteiger partial charge is 0.158 e. The molecule has 2 heterocycles. The van der Waals surface area contributed by atoms with Crippen molar-refractivity contribution in [1.82, 2.24) is 9.97 Å². The Morgan fingerprint density at radius 2 is 1.87 bits per heavy atom. The Morgan fingerprint density at radius 1 is 1.13 bits per heavy atom. The molecule has 1 aromatic carbocycles. The molecule has 0 amide bonds. The van der Waals surface area contributed by atoms with Gasteiger partial charge in [0.25, 0.3) is 0 Å². The van der Waals surface area contributed by atoms with Crippen LogP contribution >= 0.6 is 0 Å². The lowest BCUT2D eigenvalue weighted by Gasteiger charge is -2.17. The van der Waals surface area contributed by atoms with Crippen LogP contribution in [0, 0.1) is 11.3 Å². The maximum atomic E-state index is 8.79. The number of anilines is 1. The monoisotopic (exact) mass is 310 g/mol. The Bertz CT molecular complexity index is 702. The van der Waals surface area contributed by atoms with Crippen molar-refractivity contribution in [3.63, 3.8) is 0 Å². The molecule has 1 fully saturated rings. The lowest BCUT2D eigenvalue weighted by Crippen LogP contribution is -2.20. The van der Waals surface area contributed by atoms with Gasteiger partial charge in [-0.2, -0.15) is 5.26 Å². The first-order chi connectivity index (χ1) is 11.2. The summed E-state index contributed by atoms with van der Waals surface area (Å²) in [7, 11) is 3.32. The molecule has 6 nitrogen and oxygen atoms in total. The molecule has 1 saturated heterocycles. The van der Waals surface area contributed by atoms with Gasteiger partial charge in [0.2, 0.25) is 0 Å². The Kier molecular flexibility index (Phi) is 4.29. The SMILES string of the molecule is COc1cc(OC)cc(C2CCN(c3cnc(C#N)cn3)C2)c1. The molecular weight excluding hydrogens is 292 g/mol. The third kappa shape index (κ3) is 3.19. The summed E-state index contributed by atoms with van der Waals surface area (Å²) in [5, 5.41) is 8.79. The highest BCUT2D eigenvalue weighted by atomic mass is 16.5. The Labute approximate surface area is 135 Å². The van der Waals surface area contributed by atoms with E-state index in [0.717, 1.165) is 36.8 Å². The number of hydrogen-bond acceptors (Lipinski definition) is 6. The number of methoxy groups -OCH3 is 2. The molecule has 0 saturated carbocycles. The number of benzene rings is 1. The van der Waals surface area contributed by atoms with Gasteiger partial charge < -0.3 is 14.4 Å². The van der Waals surface area contributed by atoms with Crippen molar-refractivity contribution in [2.75, 3.05) is 32.2 Å². The summed E-state index contributed by atoms with van der Waals surface area (Å²) in [4.78, 5) is 10.6. The van der Waals surface area contributed by atoms with Crippen LogP contribution in [0.2, 0.25) is 0 Å². The summed E-state index contributed by atoms with van der Waals surface area (Å²) in [6, 6.07) is 7.98. The Morgan fingerprint density at radius 3 is 2.43 bits per heavy atom. The second-order valence-corrected chi connectivity index (χ2v) is 5.45. The van der Waals surface area contributed by atoms with E-state index in [0.29, 0.717) is 11.6 Å². The van der Waals surface area contributed by atoms with Crippen LogP contribution < -0.4 is 14.4 Å². The van der Waals surface area contributed by atoms with Gasteiger partial charge in [0.1, 0.15) is 23.4 Å². The fourth-order valence-corrected chi connectivity index (χ4v) is 2.85. The van der Waals surface area contributed by atoms with Gasteiger partial charge in [-0.25, -0.2) is 9.97 Å². The molecule has 1 aliphatic rings. The molecule has 118 valence electrons. The maximum Gasteiger partial charge on any atom is 0.158 e. The summed E-state index contributed by atoms with van der Waals surface area (Å²) in [5.74, 6) is 2.80. The summed E-state index contributed by atoms with van der Waals surface area (Å²) in [6.07, 6.45) is 4.20. The van der Waals surface area contributed by atoms with Crippen LogP contribution in [-0.2, 0) is 0 Å². The van der Waals surface area contributed by atoms with Gasteiger partial charge in [0.05, 0.1) is 26.6 Å². The second-order valence-electron chi connectivity index (χ2n) is 5.45. The van der Waals surface area contributed by atoms with Crippen molar-refractivity contribution in [3.8, 4) is 17.6 Å². The van der Waals surface area contributed by atoms with Crippen molar-refractivity contribution in [2.45, 2.75) is 12.3 Å². The van der Waals surface area contributed by atoms with Gasteiger partial charge in [-0.05, 0) is 24.1 Å². The van der Waals surface area contributed by atoms with Crippen LogP contribution in [-0.4, -0.2) is 37.3 Å². The molecule has 6 heteroatoms. The lowest BCUT2D eigenvalue weighted by atomic mass is 9.98. The fourth-order valence-electron chi connectivity index (χ4n) is 2.85. The number of rotatable bonds is 4. The van der Waals surface area contributed by atoms with E-state index in [1.54, 1.807) is 20.4 Å². The summed E-state index contributed by atoms with van der Waals surface area (Å²) < 4.78 is 10.7. The van der Waals surface area contributed by atoms with Gasteiger partial charge in [-0.3, -0.25) is 0 Å². The molecule has 1 unspecified atom stereocenters. The minimum absolute atomic E-state index is 0.335. The van der Waals surface area contributed by atoms with E-state index < -0.39 is 0 Å². The minimum atomic E-state index is 0.335. The van der Waals surface area contributed by atoms with Crippen LogP contribution in [0.3, 0.4) is 0 Å². The van der Waals surface area contributed by atoms with Crippen LogP contribution in [0.15, 0.2) is 30.6 Å². The molecule has 1 aromatic heterocycles. The molecule has 0 spiro atoms. The Hall–Kier alpha value is -2.81. The zero-order valence-corrected chi connectivity index (χ0v) is 13.2. The minimum Gasteiger partial charge on any atom is -0.497 e. The summed E-state index contributed by atoms with van der Waals surface area (Å²) >= 11 is 0. The number of nitrogens with zero attached hydrogens (tertiary/aromatic N) is 4. The third-order valence-electron chi connectivity index (χ3n) is 4.11. The van der Waals surface area contributed by atoms with E-state index in [1.165, 1.54) is 11.8 Å². The van der Waals surface area contributed by atoms with E-state index in [-0.39, 0.29) is 0 Å². The predicted molar refractivity (Wildman–Crippen MR) is 85.9 cm³/mol. The van der Waals surface area contributed by atoms with E-state index in [4.69, 9.17) is 14.7 Å². The topological polar surface area (TPSA) is 71.3 Å². The zero-order valence-electron chi connectivity index (χ0n) is 13.2. The molecule has 2 aromatic rings.